The number of hydrogen-bond acceptors (Lipinski definition) is 3. The predicted molar refractivity (Wildman–Crippen MR) is 79.9 cm³/mol. The van der Waals surface area contributed by atoms with Gasteiger partial charge in [0.1, 0.15) is 5.82 Å². The third kappa shape index (κ3) is 4.66. The first-order chi connectivity index (χ1) is 10.1. The molecule has 0 spiro atoms. The van der Waals surface area contributed by atoms with E-state index >= 15 is 0 Å². The fourth-order valence-corrected chi connectivity index (χ4v) is 2.63. The van der Waals surface area contributed by atoms with Crippen molar-refractivity contribution < 1.29 is 13.9 Å². The first-order valence-corrected chi connectivity index (χ1v) is 7.55. The van der Waals surface area contributed by atoms with Gasteiger partial charge in [0, 0.05) is 12.6 Å². The fraction of sp³-hybridized carbons (Fsp3) is 0.533. The van der Waals surface area contributed by atoms with E-state index in [1.165, 1.54) is 18.2 Å². The molecule has 0 heterocycles. The summed E-state index contributed by atoms with van der Waals surface area (Å²) in [4.78, 5) is 11.9. The van der Waals surface area contributed by atoms with E-state index in [2.05, 4.69) is 5.32 Å². The summed E-state index contributed by atoms with van der Waals surface area (Å²) in [6.45, 7) is 0.798. The molecule has 0 atom stereocenters. The van der Waals surface area contributed by atoms with E-state index in [1.807, 2.05) is 0 Å². The van der Waals surface area contributed by atoms with Crippen molar-refractivity contribution in [3.63, 3.8) is 0 Å². The second-order valence-electron chi connectivity index (χ2n) is 5.26. The largest absolute Gasteiger partial charge is 0.376 e. The molecule has 1 fully saturated rings. The van der Waals surface area contributed by atoms with Gasteiger partial charge in [-0.2, -0.15) is 0 Å². The Bertz CT molecular complexity index is 491. The lowest BCUT2D eigenvalue weighted by Crippen LogP contribution is -2.33. The van der Waals surface area contributed by atoms with Gasteiger partial charge in [0.05, 0.1) is 23.3 Å². The number of halogens is 2. The average molecular weight is 315 g/mol. The summed E-state index contributed by atoms with van der Waals surface area (Å²) in [6.07, 6.45) is 4.11. The molecule has 0 saturated heterocycles. The maximum Gasteiger partial charge on any atom is 0.252 e. The van der Waals surface area contributed by atoms with Crippen molar-refractivity contribution in [2.45, 2.75) is 37.8 Å². The van der Waals surface area contributed by atoms with Crippen molar-refractivity contribution in [3.8, 4) is 0 Å². The first kappa shape index (κ1) is 16.2. The van der Waals surface area contributed by atoms with Gasteiger partial charge in [0.2, 0.25) is 0 Å². The van der Waals surface area contributed by atoms with E-state index in [9.17, 15) is 9.18 Å². The number of carbonyl (C=O) groups is 1. The minimum Gasteiger partial charge on any atom is -0.376 e. The molecular formula is C15H20ClFN2O2. The molecule has 1 aromatic carbocycles. The highest BCUT2D eigenvalue weighted by Gasteiger charge is 2.19. The molecule has 0 bridgehead atoms. The fourth-order valence-electron chi connectivity index (χ4n) is 2.42. The summed E-state index contributed by atoms with van der Waals surface area (Å²) in [7, 11) is 0. The molecule has 1 aliphatic carbocycles. The van der Waals surface area contributed by atoms with Gasteiger partial charge in [0.15, 0.2) is 0 Å². The Morgan fingerprint density at radius 1 is 1.38 bits per heavy atom. The number of amides is 1. The highest BCUT2D eigenvalue weighted by molar-refractivity contribution is 6.34. The van der Waals surface area contributed by atoms with Crippen molar-refractivity contribution in [2.24, 2.45) is 5.73 Å². The maximum atomic E-state index is 13.3. The van der Waals surface area contributed by atoms with Crippen LogP contribution in [0.3, 0.4) is 0 Å². The molecule has 21 heavy (non-hydrogen) atoms. The molecule has 0 radical (unpaired) electrons. The molecule has 0 aromatic heterocycles. The quantitative estimate of drug-likeness (QED) is 0.821. The second kappa shape index (κ2) is 7.73. The number of nitrogens with two attached hydrogens (primary N) is 1. The van der Waals surface area contributed by atoms with E-state index in [4.69, 9.17) is 22.1 Å². The molecule has 1 saturated carbocycles. The second-order valence-corrected chi connectivity index (χ2v) is 5.64. The van der Waals surface area contributed by atoms with Crippen LogP contribution in [-0.4, -0.2) is 31.2 Å². The Balaban J connectivity index is 1.71. The number of ether oxygens (including phenoxy) is 1. The first-order valence-electron chi connectivity index (χ1n) is 7.17. The molecule has 1 amide bonds. The number of hydrogen-bond donors (Lipinski definition) is 2. The SMILES string of the molecule is NC1CCC(OCCNC(=O)c2cccc(F)c2Cl)CC1. The zero-order valence-electron chi connectivity index (χ0n) is 11.8. The van der Waals surface area contributed by atoms with E-state index in [0.717, 1.165) is 25.7 Å². The van der Waals surface area contributed by atoms with Crippen molar-refractivity contribution in [1.82, 2.24) is 5.32 Å². The molecule has 0 unspecified atom stereocenters. The van der Waals surface area contributed by atoms with E-state index in [-0.39, 0.29) is 16.7 Å². The summed E-state index contributed by atoms with van der Waals surface area (Å²) in [5, 5.41) is 2.52. The Morgan fingerprint density at radius 3 is 2.81 bits per heavy atom. The number of benzene rings is 1. The standard InChI is InChI=1S/C15H20ClFN2O2/c16-14-12(2-1-3-13(14)17)15(20)19-8-9-21-11-6-4-10(18)5-7-11/h1-3,10-11H,4-9,18H2,(H,19,20). The molecular weight excluding hydrogens is 295 g/mol. The zero-order valence-corrected chi connectivity index (χ0v) is 12.5. The Labute approximate surface area is 128 Å². The maximum absolute atomic E-state index is 13.3. The lowest BCUT2D eigenvalue weighted by Gasteiger charge is -2.26. The van der Waals surface area contributed by atoms with Gasteiger partial charge in [-0.25, -0.2) is 4.39 Å². The van der Waals surface area contributed by atoms with Crippen molar-refractivity contribution in [2.75, 3.05) is 13.2 Å². The van der Waals surface area contributed by atoms with Crippen LogP contribution in [0.4, 0.5) is 4.39 Å². The van der Waals surface area contributed by atoms with Crippen LogP contribution >= 0.6 is 11.6 Å². The summed E-state index contributed by atoms with van der Waals surface area (Å²) < 4.78 is 18.9. The molecule has 1 aliphatic rings. The van der Waals surface area contributed by atoms with E-state index in [1.54, 1.807) is 0 Å². The van der Waals surface area contributed by atoms with Gasteiger partial charge in [-0.1, -0.05) is 17.7 Å². The highest BCUT2D eigenvalue weighted by Crippen LogP contribution is 2.20. The third-order valence-electron chi connectivity index (χ3n) is 3.66. The topological polar surface area (TPSA) is 64.3 Å². The van der Waals surface area contributed by atoms with Gasteiger partial charge >= 0.3 is 0 Å². The number of carbonyl (C=O) groups excluding carboxylic acids is 1. The molecule has 116 valence electrons. The van der Waals surface area contributed by atoms with Gasteiger partial charge in [0.25, 0.3) is 5.91 Å². The van der Waals surface area contributed by atoms with Crippen molar-refractivity contribution in [1.29, 1.82) is 0 Å². The average Bonchev–Trinajstić information content (AvgIpc) is 2.48. The summed E-state index contributed by atoms with van der Waals surface area (Å²) in [5.74, 6) is -0.993. The van der Waals surface area contributed by atoms with Crippen LogP contribution in [0.5, 0.6) is 0 Å². The van der Waals surface area contributed by atoms with Crippen LogP contribution in [0.25, 0.3) is 0 Å². The smallest absolute Gasteiger partial charge is 0.252 e. The number of nitrogens with one attached hydrogen (secondary N) is 1. The van der Waals surface area contributed by atoms with Gasteiger partial charge in [-0.05, 0) is 37.8 Å². The van der Waals surface area contributed by atoms with Gasteiger partial charge in [-0.3, -0.25) is 4.79 Å². The molecule has 1 aromatic rings. The summed E-state index contributed by atoms with van der Waals surface area (Å²) in [6, 6.07) is 4.46. The van der Waals surface area contributed by atoms with Crippen molar-refractivity contribution in [3.05, 3.63) is 34.6 Å². The minimum absolute atomic E-state index is 0.139. The van der Waals surface area contributed by atoms with Crippen LogP contribution in [0.2, 0.25) is 5.02 Å². The van der Waals surface area contributed by atoms with Gasteiger partial charge < -0.3 is 15.8 Å². The Hall–Kier alpha value is -1.17. The Kier molecular flexibility index (Phi) is 5.96. The molecule has 6 heteroatoms. The lowest BCUT2D eigenvalue weighted by molar-refractivity contribution is 0.0267. The summed E-state index contributed by atoms with van der Waals surface area (Å²) >= 11 is 5.76. The highest BCUT2D eigenvalue weighted by atomic mass is 35.5. The van der Waals surface area contributed by atoms with Crippen LogP contribution in [0.1, 0.15) is 36.0 Å². The van der Waals surface area contributed by atoms with E-state index in [0.29, 0.717) is 19.2 Å². The minimum atomic E-state index is -0.598. The van der Waals surface area contributed by atoms with Crippen LogP contribution in [-0.2, 0) is 4.74 Å². The number of rotatable bonds is 5. The van der Waals surface area contributed by atoms with Crippen LogP contribution < -0.4 is 11.1 Å². The van der Waals surface area contributed by atoms with Crippen LogP contribution in [0.15, 0.2) is 18.2 Å². The monoisotopic (exact) mass is 314 g/mol. The summed E-state index contributed by atoms with van der Waals surface area (Å²) in [5.41, 5.74) is 5.97. The molecule has 4 nitrogen and oxygen atoms in total. The van der Waals surface area contributed by atoms with E-state index < -0.39 is 11.7 Å². The third-order valence-corrected chi connectivity index (χ3v) is 4.04. The van der Waals surface area contributed by atoms with Crippen LogP contribution in [0, 0.1) is 5.82 Å². The zero-order chi connectivity index (χ0) is 15.2. The van der Waals surface area contributed by atoms with Crippen molar-refractivity contribution >= 4 is 17.5 Å². The predicted octanol–water partition coefficient (Wildman–Crippen LogP) is 2.50. The lowest BCUT2D eigenvalue weighted by atomic mass is 9.94. The van der Waals surface area contributed by atoms with Gasteiger partial charge in [-0.15, -0.1) is 0 Å². The normalized spacial score (nSPS) is 22.0. The Morgan fingerprint density at radius 2 is 2.10 bits per heavy atom. The molecule has 0 aliphatic heterocycles. The molecule has 3 N–H and O–H groups in total. The molecule has 2 rings (SSSR count).